The molecule has 0 saturated heterocycles. The SMILES string of the molecule is ClC1=CC(C2CCCCCC2)=NC2=CCNN12. The molecule has 0 spiro atoms. The molecule has 2 aliphatic heterocycles. The van der Waals surface area contributed by atoms with Crippen molar-refractivity contribution < 1.29 is 0 Å². The van der Waals surface area contributed by atoms with Crippen LogP contribution in [0.3, 0.4) is 0 Å². The van der Waals surface area contributed by atoms with Gasteiger partial charge in [0.25, 0.3) is 0 Å². The monoisotopic (exact) mass is 251 g/mol. The zero-order valence-electron chi connectivity index (χ0n) is 9.95. The van der Waals surface area contributed by atoms with Crippen LogP contribution in [0, 0.1) is 5.92 Å². The molecule has 92 valence electrons. The minimum Gasteiger partial charge on any atom is -0.248 e. The van der Waals surface area contributed by atoms with E-state index in [1.807, 2.05) is 11.1 Å². The summed E-state index contributed by atoms with van der Waals surface area (Å²) >= 11 is 6.28. The Kier molecular flexibility index (Phi) is 3.21. The zero-order chi connectivity index (χ0) is 11.7. The van der Waals surface area contributed by atoms with Gasteiger partial charge in [0.1, 0.15) is 11.0 Å². The Labute approximate surface area is 107 Å². The maximum atomic E-state index is 6.28. The Bertz CT molecular complexity index is 389. The van der Waals surface area contributed by atoms with E-state index in [0.29, 0.717) is 5.92 Å². The smallest absolute Gasteiger partial charge is 0.145 e. The Hall–Kier alpha value is -0.800. The number of fused-ring (bicyclic) bond motifs is 1. The van der Waals surface area contributed by atoms with Crippen LogP contribution in [0.25, 0.3) is 0 Å². The van der Waals surface area contributed by atoms with Crippen LogP contribution in [-0.2, 0) is 0 Å². The Morgan fingerprint density at radius 3 is 2.76 bits per heavy atom. The lowest BCUT2D eigenvalue weighted by Crippen LogP contribution is -2.32. The molecule has 3 nitrogen and oxygen atoms in total. The van der Waals surface area contributed by atoms with E-state index in [4.69, 9.17) is 16.6 Å². The van der Waals surface area contributed by atoms with Gasteiger partial charge in [-0.05, 0) is 25.0 Å². The Morgan fingerprint density at radius 2 is 2.00 bits per heavy atom. The minimum atomic E-state index is 0.606. The fourth-order valence-corrected chi connectivity index (χ4v) is 3.07. The van der Waals surface area contributed by atoms with E-state index in [1.165, 1.54) is 44.2 Å². The van der Waals surface area contributed by atoms with E-state index in [1.54, 1.807) is 0 Å². The molecule has 0 aromatic rings. The lowest BCUT2D eigenvalue weighted by atomic mass is 9.94. The molecule has 2 heterocycles. The van der Waals surface area contributed by atoms with Gasteiger partial charge in [-0.1, -0.05) is 37.3 Å². The molecule has 3 aliphatic rings. The summed E-state index contributed by atoms with van der Waals surface area (Å²) in [5, 5.41) is 2.62. The molecule has 0 amide bonds. The first-order chi connectivity index (χ1) is 8.34. The van der Waals surface area contributed by atoms with Gasteiger partial charge >= 0.3 is 0 Å². The number of hydrazine groups is 1. The quantitative estimate of drug-likeness (QED) is 0.573. The van der Waals surface area contributed by atoms with Crippen molar-refractivity contribution in [1.82, 2.24) is 10.4 Å². The van der Waals surface area contributed by atoms with Gasteiger partial charge in [0.05, 0.1) is 0 Å². The third-order valence-corrected chi connectivity index (χ3v) is 4.04. The summed E-state index contributed by atoms with van der Waals surface area (Å²) in [5.41, 5.74) is 4.36. The summed E-state index contributed by atoms with van der Waals surface area (Å²) in [6.07, 6.45) is 12.1. The average Bonchev–Trinajstić information content (AvgIpc) is 2.63. The third-order valence-electron chi connectivity index (χ3n) is 3.76. The highest BCUT2D eigenvalue weighted by Gasteiger charge is 2.26. The normalized spacial score (nSPS) is 25.9. The van der Waals surface area contributed by atoms with Gasteiger partial charge in [0, 0.05) is 18.2 Å². The van der Waals surface area contributed by atoms with Crippen LogP contribution < -0.4 is 5.43 Å². The summed E-state index contributed by atoms with van der Waals surface area (Å²) < 4.78 is 0. The van der Waals surface area contributed by atoms with Crippen molar-refractivity contribution in [3.8, 4) is 0 Å². The second-order valence-electron chi connectivity index (χ2n) is 4.95. The second kappa shape index (κ2) is 4.83. The predicted molar refractivity (Wildman–Crippen MR) is 70.5 cm³/mol. The maximum Gasteiger partial charge on any atom is 0.145 e. The van der Waals surface area contributed by atoms with Crippen molar-refractivity contribution in [2.24, 2.45) is 10.9 Å². The van der Waals surface area contributed by atoms with Crippen LogP contribution in [0.5, 0.6) is 0 Å². The van der Waals surface area contributed by atoms with Crippen molar-refractivity contribution in [3.63, 3.8) is 0 Å². The van der Waals surface area contributed by atoms with E-state index in [-0.39, 0.29) is 0 Å². The van der Waals surface area contributed by atoms with Crippen molar-refractivity contribution >= 4 is 17.3 Å². The predicted octanol–water partition coefficient (Wildman–Crippen LogP) is 3.15. The molecule has 17 heavy (non-hydrogen) atoms. The molecule has 0 aromatic carbocycles. The lowest BCUT2D eigenvalue weighted by Gasteiger charge is -2.25. The van der Waals surface area contributed by atoms with Crippen LogP contribution >= 0.6 is 11.6 Å². The molecule has 0 radical (unpaired) electrons. The first kappa shape index (κ1) is 11.3. The van der Waals surface area contributed by atoms with E-state index in [0.717, 1.165) is 17.5 Å². The van der Waals surface area contributed by atoms with E-state index in [9.17, 15) is 0 Å². The molecule has 1 fully saturated rings. The van der Waals surface area contributed by atoms with Crippen LogP contribution in [0.15, 0.2) is 28.1 Å². The Balaban J connectivity index is 1.82. The van der Waals surface area contributed by atoms with Crippen molar-refractivity contribution in [2.75, 3.05) is 6.54 Å². The molecular formula is C13H18ClN3. The average molecular weight is 252 g/mol. The molecule has 3 rings (SSSR count). The topological polar surface area (TPSA) is 27.6 Å². The van der Waals surface area contributed by atoms with Crippen molar-refractivity contribution in [1.29, 1.82) is 0 Å². The van der Waals surface area contributed by atoms with Crippen LogP contribution in [-0.4, -0.2) is 17.3 Å². The van der Waals surface area contributed by atoms with Gasteiger partial charge in [0.2, 0.25) is 0 Å². The van der Waals surface area contributed by atoms with E-state index < -0.39 is 0 Å². The summed E-state index contributed by atoms with van der Waals surface area (Å²) in [6, 6.07) is 0. The fraction of sp³-hybridized carbons (Fsp3) is 0.615. The second-order valence-corrected chi connectivity index (χ2v) is 5.34. The van der Waals surface area contributed by atoms with Gasteiger partial charge < -0.3 is 0 Å². The molecular weight excluding hydrogens is 234 g/mol. The summed E-state index contributed by atoms with van der Waals surface area (Å²) in [6.45, 7) is 0.820. The minimum absolute atomic E-state index is 0.606. The number of nitrogens with zero attached hydrogens (tertiary/aromatic N) is 2. The molecule has 0 bridgehead atoms. The largest absolute Gasteiger partial charge is 0.248 e. The standard InChI is InChI=1S/C13H18ClN3/c14-12-9-11(10-5-3-1-2-4-6-10)16-13-7-8-15-17(12)13/h7,9-10,15H,1-6,8H2. The number of rotatable bonds is 1. The highest BCUT2D eigenvalue weighted by molar-refractivity contribution is 6.31. The van der Waals surface area contributed by atoms with Crippen LogP contribution in [0.4, 0.5) is 0 Å². The van der Waals surface area contributed by atoms with Gasteiger partial charge in [0.15, 0.2) is 0 Å². The molecule has 0 atom stereocenters. The molecule has 1 N–H and O–H groups in total. The maximum absolute atomic E-state index is 6.28. The first-order valence-corrected chi connectivity index (χ1v) is 6.92. The van der Waals surface area contributed by atoms with Gasteiger partial charge in [-0.3, -0.25) is 0 Å². The number of hydrogen-bond donors (Lipinski definition) is 1. The van der Waals surface area contributed by atoms with Crippen molar-refractivity contribution in [2.45, 2.75) is 38.5 Å². The summed E-state index contributed by atoms with van der Waals surface area (Å²) in [5.74, 6) is 1.58. The van der Waals surface area contributed by atoms with Gasteiger partial charge in [-0.25, -0.2) is 15.4 Å². The number of halogens is 1. The highest BCUT2D eigenvalue weighted by atomic mass is 35.5. The molecule has 1 aliphatic carbocycles. The van der Waals surface area contributed by atoms with E-state index >= 15 is 0 Å². The van der Waals surface area contributed by atoms with E-state index in [2.05, 4.69) is 11.5 Å². The number of hydrogen-bond acceptors (Lipinski definition) is 3. The first-order valence-electron chi connectivity index (χ1n) is 6.54. The van der Waals surface area contributed by atoms with Gasteiger partial charge in [-0.2, -0.15) is 0 Å². The molecule has 0 unspecified atom stereocenters. The number of allylic oxidation sites excluding steroid dienone is 1. The molecule has 1 saturated carbocycles. The highest BCUT2D eigenvalue weighted by Crippen LogP contribution is 2.30. The van der Waals surface area contributed by atoms with Crippen LogP contribution in [0.1, 0.15) is 38.5 Å². The lowest BCUT2D eigenvalue weighted by molar-refractivity contribution is 0.369. The number of nitrogens with one attached hydrogen (secondary N) is 1. The fourth-order valence-electron chi connectivity index (χ4n) is 2.82. The summed E-state index contributed by atoms with van der Waals surface area (Å²) in [7, 11) is 0. The van der Waals surface area contributed by atoms with Crippen molar-refractivity contribution in [3.05, 3.63) is 23.1 Å². The van der Waals surface area contributed by atoms with Crippen LogP contribution in [0.2, 0.25) is 0 Å². The number of aliphatic imine (C=N–C) groups is 1. The zero-order valence-corrected chi connectivity index (χ0v) is 10.7. The summed E-state index contributed by atoms with van der Waals surface area (Å²) in [4.78, 5) is 4.74. The Morgan fingerprint density at radius 1 is 1.24 bits per heavy atom. The molecule has 4 heteroatoms. The third kappa shape index (κ3) is 2.26. The molecule has 0 aromatic heterocycles. The van der Waals surface area contributed by atoms with Gasteiger partial charge in [-0.15, -0.1) is 0 Å².